The molecule has 0 heterocycles. The van der Waals surface area contributed by atoms with Gasteiger partial charge in [-0.05, 0) is 18.6 Å². The van der Waals surface area contributed by atoms with Crippen molar-refractivity contribution in [2.75, 3.05) is 99.1 Å². The summed E-state index contributed by atoms with van der Waals surface area (Å²) in [5.41, 5.74) is 0.535. The summed E-state index contributed by atoms with van der Waals surface area (Å²) in [7, 11) is 0. The highest BCUT2D eigenvalue weighted by molar-refractivity contribution is 5.89. The quantitative estimate of drug-likeness (QED) is 0.0503. The monoisotopic (exact) mass is 683 g/mol. The highest BCUT2D eigenvalue weighted by atomic mass is 16.6. The highest BCUT2D eigenvalue weighted by Gasteiger charge is 2.05. The standard InChI is InChI=1S/C39H70O9/c1-2-3-4-5-6-7-8-9-10-11-12-13-14-15-16-20-23-41-24-25-42-26-27-43-28-29-44-30-31-45-32-33-46-34-35-47-36-37-48-39(40)38-21-18-17-19-22-38/h17-19,21-22H,2-16,20,23-37H2,1H3. The fourth-order valence-corrected chi connectivity index (χ4v) is 5.02. The lowest BCUT2D eigenvalue weighted by Gasteiger charge is -2.09. The smallest absolute Gasteiger partial charge is 0.338 e. The van der Waals surface area contributed by atoms with Crippen molar-refractivity contribution in [1.29, 1.82) is 0 Å². The van der Waals surface area contributed by atoms with Gasteiger partial charge in [0.15, 0.2) is 0 Å². The molecule has 48 heavy (non-hydrogen) atoms. The lowest BCUT2D eigenvalue weighted by molar-refractivity contribution is -0.0223. The third-order valence-corrected chi connectivity index (χ3v) is 7.84. The normalized spacial score (nSPS) is 11.4. The molecule has 0 saturated heterocycles. The van der Waals surface area contributed by atoms with E-state index in [2.05, 4.69) is 6.92 Å². The summed E-state index contributed by atoms with van der Waals surface area (Å²) < 4.78 is 43.8. The number of hydrogen-bond donors (Lipinski definition) is 0. The number of unbranched alkanes of at least 4 members (excludes halogenated alkanes) is 15. The van der Waals surface area contributed by atoms with Crippen LogP contribution in [-0.4, -0.2) is 105 Å². The number of carbonyl (C=O) groups is 1. The van der Waals surface area contributed by atoms with Crippen LogP contribution < -0.4 is 0 Å². The number of esters is 1. The summed E-state index contributed by atoms with van der Waals surface area (Å²) in [6, 6.07) is 8.89. The molecule has 0 atom stereocenters. The molecule has 0 N–H and O–H groups in total. The number of carbonyl (C=O) groups excluding carboxylic acids is 1. The number of benzene rings is 1. The van der Waals surface area contributed by atoms with Gasteiger partial charge in [-0.1, -0.05) is 121 Å². The molecule has 1 aromatic carbocycles. The van der Waals surface area contributed by atoms with Gasteiger partial charge in [0.05, 0.1) is 91.5 Å². The molecule has 280 valence electrons. The van der Waals surface area contributed by atoms with Gasteiger partial charge in [0, 0.05) is 6.61 Å². The van der Waals surface area contributed by atoms with Gasteiger partial charge >= 0.3 is 5.97 Å². The van der Waals surface area contributed by atoms with Gasteiger partial charge in [0.1, 0.15) is 6.61 Å². The molecule has 0 fully saturated rings. The summed E-state index contributed by atoms with van der Waals surface area (Å²) in [4.78, 5) is 11.8. The molecule has 0 saturated carbocycles. The van der Waals surface area contributed by atoms with Gasteiger partial charge in [0.2, 0.25) is 0 Å². The Morgan fingerprint density at radius 1 is 0.375 bits per heavy atom. The van der Waals surface area contributed by atoms with Crippen molar-refractivity contribution < 1.29 is 42.7 Å². The van der Waals surface area contributed by atoms with Crippen LogP contribution in [-0.2, 0) is 37.9 Å². The van der Waals surface area contributed by atoms with Crippen LogP contribution in [0.5, 0.6) is 0 Å². The molecular formula is C39H70O9. The Morgan fingerprint density at radius 3 is 1.02 bits per heavy atom. The van der Waals surface area contributed by atoms with E-state index in [1.54, 1.807) is 24.3 Å². The first-order valence-corrected chi connectivity index (χ1v) is 19.1. The third-order valence-electron chi connectivity index (χ3n) is 7.84. The van der Waals surface area contributed by atoms with Crippen molar-refractivity contribution in [3.05, 3.63) is 35.9 Å². The van der Waals surface area contributed by atoms with E-state index in [1.807, 2.05) is 6.07 Å². The fraction of sp³-hybridized carbons (Fsp3) is 0.821. The van der Waals surface area contributed by atoms with Crippen LogP contribution in [0.15, 0.2) is 30.3 Å². The zero-order chi connectivity index (χ0) is 34.3. The van der Waals surface area contributed by atoms with Gasteiger partial charge in [-0.3, -0.25) is 0 Å². The molecule has 0 aliphatic rings. The number of rotatable bonds is 39. The minimum atomic E-state index is -0.346. The molecule has 0 radical (unpaired) electrons. The van der Waals surface area contributed by atoms with Gasteiger partial charge in [-0.25, -0.2) is 4.79 Å². The van der Waals surface area contributed by atoms with E-state index < -0.39 is 0 Å². The molecule has 0 spiro atoms. The van der Waals surface area contributed by atoms with E-state index in [4.69, 9.17) is 37.9 Å². The Labute approximate surface area is 293 Å². The Balaban J connectivity index is 1.62. The predicted octanol–water partition coefficient (Wildman–Crippen LogP) is 8.22. The van der Waals surface area contributed by atoms with Crippen molar-refractivity contribution in [1.82, 2.24) is 0 Å². The van der Waals surface area contributed by atoms with E-state index in [0.29, 0.717) is 91.5 Å². The second-order valence-electron chi connectivity index (χ2n) is 12.1. The lowest BCUT2D eigenvalue weighted by Crippen LogP contribution is -2.15. The molecule has 0 amide bonds. The maximum Gasteiger partial charge on any atom is 0.338 e. The average molecular weight is 683 g/mol. The van der Waals surface area contributed by atoms with Crippen LogP contribution in [0.2, 0.25) is 0 Å². The predicted molar refractivity (Wildman–Crippen MR) is 192 cm³/mol. The zero-order valence-corrected chi connectivity index (χ0v) is 30.5. The van der Waals surface area contributed by atoms with Gasteiger partial charge < -0.3 is 37.9 Å². The topological polar surface area (TPSA) is 90.9 Å². The van der Waals surface area contributed by atoms with Crippen LogP contribution in [0.1, 0.15) is 120 Å². The van der Waals surface area contributed by atoms with Gasteiger partial charge in [0.25, 0.3) is 0 Å². The van der Waals surface area contributed by atoms with Gasteiger partial charge in [-0.2, -0.15) is 0 Å². The molecule has 9 heteroatoms. The minimum absolute atomic E-state index is 0.213. The Morgan fingerprint density at radius 2 is 0.667 bits per heavy atom. The maximum absolute atomic E-state index is 11.8. The summed E-state index contributed by atoms with van der Waals surface area (Å²) in [6.07, 6.45) is 22.2. The molecule has 9 nitrogen and oxygen atoms in total. The first-order chi connectivity index (χ1) is 23.8. The molecule has 0 aliphatic carbocycles. The van der Waals surface area contributed by atoms with E-state index in [-0.39, 0.29) is 12.6 Å². The maximum atomic E-state index is 11.8. The SMILES string of the molecule is CCCCCCCCCCCCCCCCCCOCCOCCOCCOCCOCCOCCOCCOC(=O)c1ccccc1. The number of ether oxygens (including phenoxy) is 8. The minimum Gasteiger partial charge on any atom is -0.460 e. The van der Waals surface area contributed by atoms with Crippen LogP contribution in [0, 0.1) is 0 Å². The molecule has 1 aromatic rings. The van der Waals surface area contributed by atoms with Crippen molar-refractivity contribution >= 4 is 5.97 Å². The molecule has 0 unspecified atom stereocenters. The summed E-state index contributed by atoms with van der Waals surface area (Å²) in [5.74, 6) is -0.346. The van der Waals surface area contributed by atoms with Gasteiger partial charge in [-0.15, -0.1) is 0 Å². The second-order valence-corrected chi connectivity index (χ2v) is 12.1. The average Bonchev–Trinajstić information content (AvgIpc) is 3.11. The highest BCUT2D eigenvalue weighted by Crippen LogP contribution is 2.13. The number of hydrogen-bond acceptors (Lipinski definition) is 9. The van der Waals surface area contributed by atoms with Crippen LogP contribution in [0.4, 0.5) is 0 Å². The Kier molecular flexibility index (Phi) is 35.4. The molecule has 1 rings (SSSR count). The van der Waals surface area contributed by atoms with Crippen LogP contribution in [0.3, 0.4) is 0 Å². The van der Waals surface area contributed by atoms with Crippen LogP contribution >= 0.6 is 0 Å². The first-order valence-electron chi connectivity index (χ1n) is 19.1. The lowest BCUT2D eigenvalue weighted by atomic mass is 10.0. The van der Waals surface area contributed by atoms with Crippen LogP contribution in [0.25, 0.3) is 0 Å². The first kappa shape index (κ1) is 44.4. The summed E-state index contributed by atoms with van der Waals surface area (Å²) in [5, 5.41) is 0. The van der Waals surface area contributed by atoms with E-state index in [0.717, 1.165) is 13.0 Å². The second kappa shape index (κ2) is 38.2. The third kappa shape index (κ3) is 32.9. The van der Waals surface area contributed by atoms with E-state index in [1.165, 1.54) is 96.3 Å². The largest absolute Gasteiger partial charge is 0.460 e. The van der Waals surface area contributed by atoms with E-state index in [9.17, 15) is 4.79 Å². The Hall–Kier alpha value is -1.59. The summed E-state index contributed by atoms with van der Waals surface area (Å²) in [6.45, 7) is 10.0. The van der Waals surface area contributed by atoms with Crippen molar-refractivity contribution in [3.8, 4) is 0 Å². The molecular weight excluding hydrogens is 612 g/mol. The molecule has 0 aromatic heterocycles. The van der Waals surface area contributed by atoms with Crippen molar-refractivity contribution in [2.24, 2.45) is 0 Å². The fourth-order valence-electron chi connectivity index (χ4n) is 5.02. The van der Waals surface area contributed by atoms with E-state index >= 15 is 0 Å². The van der Waals surface area contributed by atoms with Crippen molar-refractivity contribution in [2.45, 2.75) is 110 Å². The van der Waals surface area contributed by atoms with Crippen molar-refractivity contribution in [3.63, 3.8) is 0 Å². The molecule has 0 bridgehead atoms. The zero-order valence-electron chi connectivity index (χ0n) is 30.5. The Bertz CT molecular complexity index is 765. The summed E-state index contributed by atoms with van der Waals surface area (Å²) >= 11 is 0. The molecule has 0 aliphatic heterocycles.